The first-order valence-corrected chi connectivity index (χ1v) is 15.4. The molecule has 1 aromatic carbocycles. The van der Waals surface area contributed by atoms with Gasteiger partial charge in [-0.1, -0.05) is 47.7 Å². The van der Waals surface area contributed by atoms with Crippen LogP contribution in [-0.2, 0) is 16.1 Å². The van der Waals surface area contributed by atoms with Gasteiger partial charge in [-0.25, -0.2) is 9.97 Å². The highest BCUT2D eigenvalue weighted by atomic mass is 79.9. The van der Waals surface area contributed by atoms with E-state index in [4.69, 9.17) is 14.2 Å². The van der Waals surface area contributed by atoms with Gasteiger partial charge in [-0.15, -0.1) is 0 Å². The number of aromatic nitrogens is 4. The normalized spacial score (nSPS) is 23.3. The van der Waals surface area contributed by atoms with Crippen LogP contribution in [0.25, 0.3) is 11.2 Å². The molecule has 0 radical (unpaired) electrons. The van der Waals surface area contributed by atoms with E-state index >= 15 is 0 Å². The molecule has 4 atom stereocenters. The fourth-order valence-corrected chi connectivity index (χ4v) is 4.60. The molecular formula is C22H29BrN4O5Si. The van der Waals surface area contributed by atoms with Crippen LogP contribution in [0.3, 0.4) is 0 Å². The molecule has 0 aliphatic carbocycles. The summed E-state index contributed by atoms with van der Waals surface area (Å²) in [7, 11) is -1.25. The van der Waals surface area contributed by atoms with E-state index < -0.39 is 32.6 Å². The van der Waals surface area contributed by atoms with Crippen LogP contribution >= 0.6 is 15.9 Å². The van der Waals surface area contributed by atoms with E-state index in [0.29, 0.717) is 23.7 Å². The lowest BCUT2D eigenvalue weighted by atomic mass is 10.1. The third-order valence-corrected chi connectivity index (χ3v) is 7.77. The monoisotopic (exact) mass is 536 g/mol. The average Bonchev–Trinajstić information content (AvgIpc) is 3.34. The Balaban J connectivity index is 1.56. The van der Waals surface area contributed by atoms with Gasteiger partial charge in [0, 0.05) is 12.5 Å². The fourth-order valence-electron chi connectivity index (χ4n) is 3.62. The number of hydrogen-bond acceptors (Lipinski definition) is 8. The SMILES string of the molecule is C[Si](C)(C)CCOc1ncnc2c1ncn2[C@@H]1O[C@H](CO)[C@@H](O)[C@H]1OCc1ccc(Br)cc1. The summed E-state index contributed by atoms with van der Waals surface area (Å²) in [5.41, 5.74) is 1.99. The lowest BCUT2D eigenvalue weighted by Crippen LogP contribution is -2.35. The Kier molecular flexibility index (Phi) is 7.46. The zero-order valence-electron chi connectivity index (χ0n) is 18.9. The molecule has 4 rings (SSSR count). The van der Waals surface area contributed by atoms with E-state index in [1.165, 1.54) is 6.33 Å². The van der Waals surface area contributed by atoms with Crippen molar-refractivity contribution in [2.45, 2.75) is 56.8 Å². The molecule has 1 fully saturated rings. The zero-order chi connectivity index (χ0) is 23.6. The highest BCUT2D eigenvalue weighted by Crippen LogP contribution is 2.35. The maximum atomic E-state index is 10.8. The van der Waals surface area contributed by atoms with E-state index in [2.05, 4.69) is 50.5 Å². The standard InChI is InChI=1S/C22H29BrN4O5Si/c1-33(2,3)9-8-30-21-17-20(24-12-25-21)27(13-26-17)22-19(18(29)16(10-28)32-22)31-11-14-4-6-15(23)7-5-14/h4-7,12-13,16,18-19,22,28-29H,8-11H2,1-3H3/t16-,18-,19-,22-/m1/s1. The molecule has 0 unspecified atom stereocenters. The van der Waals surface area contributed by atoms with Gasteiger partial charge < -0.3 is 24.4 Å². The first kappa shape index (κ1) is 24.2. The van der Waals surface area contributed by atoms with Crippen LogP contribution in [0.5, 0.6) is 5.88 Å². The van der Waals surface area contributed by atoms with Crippen LogP contribution in [-0.4, -0.2) is 69.3 Å². The Bertz CT molecular complexity index is 1070. The molecule has 3 aromatic rings. The predicted molar refractivity (Wildman–Crippen MR) is 129 cm³/mol. The number of ether oxygens (including phenoxy) is 3. The molecular weight excluding hydrogens is 508 g/mol. The molecule has 1 saturated heterocycles. The third kappa shape index (κ3) is 5.61. The van der Waals surface area contributed by atoms with Crippen molar-refractivity contribution in [1.82, 2.24) is 19.5 Å². The number of fused-ring (bicyclic) bond motifs is 1. The summed E-state index contributed by atoms with van der Waals surface area (Å²) >= 11 is 3.42. The Morgan fingerprint density at radius 3 is 2.61 bits per heavy atom. The van der Waals surface area contributed by atoms with Gasteiger partial charge in [0.25, 0.3) is 0 Å². The molecule has 0 saturated carbocycles. The predicted octanol–water partition coefficient (Wildman–Crippen LogP) is 3.14. The average molecular weight is 537 g/mol. The quantitative estimate of drug-likeness (QED) is 0.401. The molecule has 33 heavy (non-hydrogen) atoms. The number of imidazole rings is 1. The Labute approximate surface area is 201 Å². The maximum absolute atomic E-state index is 10.8. The van der Waals surface area contributed by atoms with Gasteiger partial charge >= 0.3 is 0 Å². The van der Waals surface area contributed by atoms with Crippen molar-refractivity contribution in [2.24, 2.45) is 0 Å². The van der Waals surface area contributed by atoms with Crippen molar-refractivity contribution in [3.05, 3.63) is 47.0 Å². The molecule has 2 N–H and O–H groups in total. The summed E-state index contributed by atoms with van der Waals surface area (Å²) in [4.78, 5) is 13.1. The number of aliphatic hydroxyl groups excluding tert-OH is 2. The first-order valence-electron chi connectivity index (χ1n) is 10.9. The van der Waals surface area contributed by atoms with Crippen LogP contribution in [0, 0.1) is 0 Å². The summed E-state index contributed by atoms with van der Waals surface area (Å²) in [5.74, 6) is 0.418. The zero-order valence-corrected chi connectivity index (χ0v) is 21.5. The second-order valence-electron chi connectivity index (χ2n) is 9.30. The Morgan fingerprint density at radius 1 is 1.15 bits per heavy atom. The molecule has 0 bridgehead atoms. The van der Waals surface area contributed by atoms with E-state index in [0.717, 1.165) is 16.1 Å². The number of rotatable bonds is 9. The summed E-state index contributed by atoms with van der Waals surface area (Å²) in [5, 5.41) is 20.4. The van der Waals surface area contributed by atoms with E-state index in [-0.39, 0.29) is 13.2 Å². The molecule has 0 spiro atoms. The summed E-state index contributed by atoms with van der Waals surface area (Å²) in [6, 6.07) is 8.74. The van der Waals surface area contributed by atoms with E-state index in [1.54, 1.807) is 10.9 Å². The molecule has 2 aromatic heterocycles. The molecule has 1 aliphatic rings. The number of hydrogen-bond donors (Lipinski definition) is 2. The molecule has 1 aliphatic heterocycles. The largest absolute Gasteiger partial charge is 0.476 e. The van der Waals surface area contributed by atoms with Crippen LogP contribution in [0.4, 0.5) is 0 Å². The minimum atomic E-state index is -1.25. The van der Waals surface area contributed by atoms with Crippen molar-refractivity contribution in [3.8, 4) is 5.88 Å². The molecule has 9 nitrogen and oxygen atoms in total. The lowest BCUT2D eigenvalue weighted by Gasteiger charge is -2.22. The third-order valence-electron chi connectivity index (χ3n) is 5.54. The molecule has 0 amide bonds. The number of benzene rings is 1. The van der Waals surface area contributed by atoms with Crippen molar-refractivity contribution >= 4 is 35.2 Å². The second kappa shape index (κ2) is 10.2. The summed E-state index contributed by atoms with van der Waals surface area (Å²) < 4.78 is 20.6. The molecule has 11 heteroatoms. The fraction of sp³-hybridized carbons (Fsp3) is 0.500. The highest BCUT2D eigenvalue weighted by molar-refractivity contribution is 9.10. The van der Waals surface area contributed by atoms with Gasteiger partial charge in [0.1, 0.15) is 24.6 Å². The van der Waals surface area contributed by atoms with E-state index in [9.17, 15) is 10.2 Å². The van der Waals surface area contributed by atoms with Gasteiger partial charge in [0.15, 0.2) is 17.4 Å². The summed E-state index contributed by atoms with van der Waals surface area (Å²) in [6.07, 6.45) is -0.231. The number of aliphatic hydroxyl groups is 2. The van der Waals surface area contributed by atoms with Crippen molar-refractivity contribution in [2.75, 3.05) is 13.2 Å². The van der Waals surface area contributed by atoms with E-state index in [1.807, 2.05) is 24.3 Å². The number of halogens is 1. The number of nitrogens with zero attached hydrogens (tertiary/aromatic N) is 4. The van der Waals surface area contributed by atoms with Crippen LogP contribution in [0.1, 0.15) is 11.8 Å². The van der Waals surface area contributed by atoms with Crippen molar-refractivity contribution in [1.29, 1.82) is 0 Å². The van der Waals surface area contributed by atoms with Crippen molar-refractivity contribution < 1.29 is 24.4 Å². The van der Waals surface area contributed by atoms with Gasteiger partial charge in [-0.05, 0) is 23.7 Å². The summed E-state index contributed by atoms with van der Waals surface area (Å²) in [6.45, 7) is 7.38. The first-order chi connectivity index (χ1) is 15.8. The maximum Gasteiger partial charge on any atom is 0.245 e. The van der Waals surface area contributed by atoms with Crippen LogP contribution < -0.4 is 4.74 Å². The van der Waals surface area contributed by atoms with Crippen molar-refractivity contribution in [3.63, 3.8) is 0 Å². The van der Waals surface area contributed by atoms with Gasteiger partial charge in [0.2, 0.25) is 5.88 Å². The van der Waals surface area contributed by atoms with Gasteiger partial charge in [-0.3, -0.25) is 4.57 Å². The molecule has 3 heterocycles. The lowest BCUT2D eigenvalue weighted by molar-refractivity contribution is -0.0761. The van der Waals surface area contributed by atoms with Gasteiger partial charge in [0.05, 0.1) is 26.1 Å². The van der Waals surface area contributed by atoms with Crippen LogP contribution in [0.15, 0.2) is 41.4 Å². The minimum Gasteiger partial charge on any atom is -0.476 e. The smallest absolute Gasteiger partial charge is 0.245 e. The minimum absolute atomic E-state index is 0.277. The highest BCUT2D eigenvalue weighted by Gasteiger charge is 2.46. The van der Waals surface area contributed by atoms with Crippen LogP contribution in [0.2, 0.25) is 25.7 Å². The Morgan fingerprint density at radius 2 is 1.91 bits per heavy atom. The second-order valence-corrected chi connectivity index (χ2v) is 15.8. The Hall–Kier alpha value is -1.89. The topological polar surface area (TPSA) is 112 Å². The molecule has 178 valence electrons. The van der Waals surface area contributed by atoms with Gasteiger partial charge in [-0.2, -0.15) is 4.98 Å².